The molecule has 104 valence electrons. The maximum absolute atomic E-state index is 11.1. The van der Waals surface area contributed by atoms with E-state index in [1.165, 1.54) is 19.2 Å². The van der Waals surface area contributed by atoms with Crippen LogP contribution in [0.25, 0.3) is 0 Å². The van der Waals surface area contributed by atoms with Crippen molar-refractivity contribution >= 4 is 34.2 Å². The number of carboxylic acid groups (broad SMARTS) is 1. The Morgan fingerprint density at radius 3 is 2.33 bits per heavy atom. The summed E-state index contributed by atoms with van der Waals surface area (Å²) in [6.07, 6.45) is 0. The minimum atomic E-state index is -1.15. The lowest BCUT2D eigenvalue weighted by molar-refractivity contribution is 0.0693. The molecule has 7 nitrogen and oxygen atoms in total. The molecule has 0 spiro atoms. The fourth-order valence-electron chi connectivity index (χ4n) is 1.40. The molecule has 1 aromatic carbocycles. The Hall–Kier alpha value is -2.77. The molecule has 1 aromatic rings. The molecule has 0 unspecified atom stereocenters. The molecule has 0 aliphatic rings. The molecular formula is C13H7IN4O3. The average molecular weight is 394 g/mol. The number of nitrogens with one attached hydrogen (secondary N) is 1. The molecule has 2 N–H and O–H groups in total. The van der Waals surface area contributed by atoms with Crippen LogP contribution in [-0.2, 0) is 0 Å². The Morgan fingerprint density at radius 2 is 1.90 bits per heavy atom. The predicted molar refractivity (Wildman–Crippen MR) is 80.2 cm³/mol. The standard InChI is InChI=1S/C13H7IN4O3/c1-21-12-3-10(9(14)2-8(12)13(19)20)18-11(6-17)7(4-15)5-16/h2-3,18H,1H3,(H,19,20). The zero-order chi connectivity index (χ0) is 16.0. The quantitative estimate of drug-likeness (QED) is 0.592. The lowest BCUT2D eigenvalue weighted by Crippen LogP contribution is -2.06. The molecule has 21 heavy (non-hydrogen) atoms. The molecule has 0 radical (unpaired) electrons. The Morgan fingerprint density at radius 1 is 1.29 bits per heavy atom. The third-order valence-electron chi connectivity index (χ3n) is 2.36. The van der Waals surface area contributed by atoms with Crippen molar-refractivity contribution < 1.29 is 14.6 Å². The molecule has 0 amide bonds. The number of carbonyl (C=O) groups is 1. The van der Waals surface area contributed by atoms with Crippen molar-refractivity contribution in [1.29, 1.82) is 15.8 Å². The van der Waals surface area contributed by atoms with Gasteiger partial charge in [-0.25, -0.2) is 4.79 Å². The summed E-state index contributed by atoms with van der Waals surface area (Å²) >= 11 is 1.87. The number of allylic oxidation sites excluding steroid dienone is 2. The summed E-state index contributed by atoms with van der Waals surface area (Å²) in [6.45, 7) is 0. The number of halogens is 1. The van der Waals surface area contributed by atoms with Gasteiger partial charge in [0.05, 0.1) is 12.8 Å². The summed E-state index contributed by atoms with van der Waals surface area (Å²) in [4.78, 5) is 11.1. The van der Waals surface area contributed by atoms with Crippen molar-refractivity contribution in [3.63, 3.8) is 0 Å². The van der Waals surface area contributed by atoms with Crippen LogP contribution in [0.4, 0.5) is 5.69 Å². The van der Waals surface area contributed by atoms with Gasteiger partial charge < -0.3 is 15.2 Å². The van der Waals surface area contributed by atoms with E-state index in [0.29, 0.717) is 9.26 Å². The van der Waals surface area contributed by atoms with Crippen LogP contribution < -0.4 is 10.1 Å². The third kappa shape index (κ3) is 3.62. The van der Waals surface area contributed by atoms with Crippen molar-refractivity contribution in [2.75, 3.05) is 12.4 Å². The molecule has 0 aliphatic heterocycles. The molecule has 0 aliphatic carbocycles. The van der Waals surface area contributed by atoms with Gasteiger partial charge in [-0.1, -0.05) is 0 Å². The molecule has 0 aromatic heterocycles. The molecule has 0 atom stereocenters. The lowest BCUT2D eigenvalue weighted by atomic mass is 10.1. The second-order valence-corrected chi connectivity index (χ2v) is 4.71. The first-order valence-corrected chi connectivity index (χ1v) is 6.38. The lowest BCUT2D eigenvalue weighted by Gasteiger charge is -2.11. The first-order valence-electron chi connectivity index (χ1n) is 5.30. The van der Waals surface area contributed by atoms with Gasteiger partial charge in [0.15, 0.2) is 5.57 Å². The van der Waals surface area contributed by atoms with E-state index in [0.717, 1.165) is 0 Å². The van der Waals surface area contributed by atoms with Crippen molar-refractivity contribution in [2.45, 2.75) is 0 Å². The van der Waals surface area contributed by atoms with E-state index < -0.39 is 5.97 Å². The van der Waals surface area contributed by atoms with E-state index in [1.54, 1.807) is 18.2 Å². The number of hydrogen-bond acceptors (Lipinski definition) is 6. The minimum absolute atomic E-state index is 0.0317. The first-order chi connectivity index (χ1) is 9.98. The smallest absolute Gasteiger partial charge is 0.339 e. The highest BCUT2D eigenvalue weighted by atomic mass is 127. The second kappa shape index (κ2) is 7.13. The van der Waals surface area contributed by atoms with Gasteiger partial charge in [0.25, 0.3) is 0 Å². The molecule has 8 heteroatoms. The highest BCUT2D eigenvalue weighted by Crippen LogP contribution is 2.29. The summed E-state index contributed by atoms with van der Waals surface area (Å²) in [5.74, 6) is -1.06. The van der Waals surface area contributed by atoms with Crippen molar-refractivity contribution in [1.82, 2.24) is 0 Å². The van der Waals surface area contributed by atoms with Gasteiger partial charge in [-0.3, -0.25) is 0 Å². The summed E-state index contributed by atoms with van der Waals surface area (Å²) in [5, 5.41) is 38.2. The minimum Gasteiger partial charge on any atom is -0.496 e. The summed E-state index contributed by atoms with van der Waals surface area (Å²) < 4.78 is 5.47. The van der Waals surface area contributed by atoms with Gasteiger partial charge in [-0.15, -0.1) is 0 Å². The fourth-order valence-corrected chi connectivity index (χ4v) is 2.00. The number of hydrogen-bond donors (Lipinski definition) is 2. The topological polar surface area (TPSA) is 130 Å². The molecule has 0 saturated carbocycles. The monoisotopic (exact) mass is 394 g/mol. The second-order valence-electron chi connectivity index (χ2n) is 3.55. The number of methoxy groups -OCH3 is 1. The maximum Gasteiger partial charge on any atom is 0.339 e. The SMILES string of the molecule is COc1cc(NC(C#N)=C(C#N)C#N)c(I)cc1C(=O)O. The highest BCUT2D eigenvalue weighted by molar-refractivity contribution is 14.1. The zero-order valence-electron chi connectivity index (χ0n) is 10.6. The first kappa shape index (κ1) is 16.3. The van der Waals surface area contributed by atoms with Crippen LogP contribution >= 0.6 is 22.6 Å². The van der Waals surface area contributed by atoms with E-state index >= 15 is 0 Å². The van der Waals surface area contributed by atoms with Gasteiger partial charge in [0.2, 0.25) is 0 Å². The van der Waals surface area contributed by atoms with Crippen LogP contribution in [-0.4, -0.2) is 18.2 Å². The Bertz CT molecular complexity index is 734. The Kier molecular flexibility index (Phi) is 5.53. The van der Waals surface area contributed by atoms with E-state index in [2.05, 4.69) is 5.32 Å². The zero-order valence-corrected chi connectivity index (χ0v) is 12.8. The normalized spacial score (nSPS) is 8.71. The highest BCUT2D eigenvalue weighted by Gasteiger charge is 2.16. The number of nitrogens with zero attached hydrogens (tertiary/aromatic N) is 3. The van der Waals surface area contributed by atoms with Crippen molar-refractivity contribution in [3.8, 4) is 24.0 Å². The van der Waals surface area contributed by atoms with Crippen LogP contribution in [0.1, 0.15) is 10.4 Å². The number of anilines is 1. The number of benzene rings is 1. The van der Waals surface area contributed by atoms with Gasteiger partial charge in [-0.2, -0.15) is 15.8 Å². The summed E-state index contributed by atoms with van der Waals surface area (Å²) in [5.41, 5.74) is -0.259. The number of nitriles is 3. The van der Waals surface area contributed by atoms with Gasteiger partial charge >= 0.3 is 5.97 Å². The molecule has 0 saturated heterocycles. The van der Waals surface area contributed by atoms with Crippen LogP contribution in [0.15, 0.2) is 23.4 Å². The Labute approximate surface area is 133 Å². The van der Waals surface area contributed by atoms with E-state index in [9.17, 15) is 4.79 Å². The number of rotatable bonds is 4. The van der Waals surface area contributed by atoms with Crippen molar-refractivity contribution in [2.24, 2.45) is 0 Å². The van der Waals surface area contributed by atoms with E-state index in [4.69, 9.17) is 25.6 Å². The summed E-state index contributed by atoms with van der Waals surface area (Å²) in [7, 11) is 1.31. The largest absolute Gasteiger partial charge is 0.496 e. The number of aromatic carboxylic acids is 1. The molecule has 0 bridgehead atoms. The summed E-state index contributed by atoms with van der Waals surface area (Å²) in [6, 6.07) is 7.67. The molecule has 0 heterocycles. The number of carboxylic acids is 1. The van der Waals surface area contributed by atoms with E-state index in [-0.39, 0.29) is 22.6 Å². The molecule has 1 rings (SSSR count). The van der Waals surface area contributed by atoms with Crippen molar-refractivity contribution in [3.05, 3.63) is 32.5 Å². The Balaban J connectivity index is 3.38. The van der Waals surface area contributed by atoms with Crippen LogP contribution in [0.2, 0.25) is 0 Å². The average Bonchev–Trinajstić information content (AvgIpc) is 2.48. The third-order valence-corrected chi connectivity index (χ3v) is 3.26. The fraction of sp³-hybridized carbons (Fsp3) is 0.0769. The maximum atomic E-state index is 11.1. The molecule has 0 fully saturated rings. The van der Waals surface area contributed by atoms with Gasteiger partial charge in [0.1, 0.15) is 35.2 Å². The predicted octanol–water partition coefficient (Wildman–Crippen LogP) is 2.23. The van der Waals surface area contributed by atoms with Crippen LogP contribution in [0.5, 0.6) is 5.75 Å². The van der Waals surface area contributed by atoms with Crippen LogP contribution in [0.3, 0.4) is 0 Å². The van der Waals surface area contributed by atoms with E-state index in [1.807, 2.05) is 22.6 Å². The van der Waals surface area contributed by atoms with Gasteiger partial charge in [-0.05, 0) is 28.7 Å². The number of ether oxygens (including phenoxy) is 1. The van der Waals surface area contributed by atoms with Crippen LogP contribution in [0, 0.1) is 37.6 Å². The van der Waals surface area contributed by atoms with Gasteiger partial charge in [0, 0.05) is 9.64 Å². The molecular weight excluding hydrogens is 387 g/mol.